The van der Waals surface area contributed by atoms with Crippen LogP contribution in [-0.2, 0) is 11.3 Å². The Morgan fingerprint density at radius 3 is 2.57 bits per heavy atom. The van der Waals surface area contributed by atoms with Gasteiger partial charge in [-0.1, -0.05) is 11.6 Å². The van der Waals surface area contributed by atoms with Crippen LogP contribution in [-0.4, -0.2) is 30.9 Å². The first-order valence-electron chi connectivity index (χ1n) is 7.06. The molecule has 1 heterocycles. The van der Waals surface area contributed by atoms with E-state index in [4.69, 9.17) is 11.6 Å². The van der Waals surface area contributed by atoms with Gasteiger partial charge in [-0.2, -0.15) is 0 Å². The molecule has 2 rings (SSSR count). The first-order chi connectivity index (χ1) is 10.0. The third-order valence-corrected chi connectivity index (χ3v) is 4.39. The zero-order valence-electron chi connectivity index (χ0n) is 12.0. The summed E-state index contributed by atoms with van der Waals surface area (Å²) in [4.78, 5) is 13.4. The Morgan fingerprint density at radius 2 is 1.95 bits per heavy atom. The van der Waals surface area contributed by atoms with Crippen molar-refractivity contribution in [2.75, 3.05) is 20.1 Å². The number of hydrogen-bond donors (Lipinski definition) is 1. The quantitative estimate of drug-likeness (QED) is 0.866. The third-order valence-electron chi connectivity index (χ3n) is 3.98. The average molecular weight is 317 g/mol. The predicted molar refractivity (Wildman–Crippen MR) is 78.1 cm³/mol. The molecule has 0 aliphatic carbocycles. The van der Waals surface area contributed by atoms with E-state index in [-0.39, 0.29) is 16.5 Å². The average Bonchev–Trinajstić information content (AvgIpc) is 2.49. The first-order valence-corrected chi connectivity index (χ1v) is 7.44. The van der Waals surface area contributed by atoms with Crippen LogP contribution in [0.1, 0.15) is 24.8 Å². The number of nitrogens with zero attached hydrogens (tertiary/aromatic N) is 1. The Bertz CT molecular complexity index is 517. The van der Waals surface area contributed by atoms with E-state index in [1.54, 1.807) is 7.05 Å². The van der Waals surface area contributed by atoms with E-state index in [1.165, 1.54) is 0 Å². The van der Waals surface area contributed by atoms with Crippen LogP contribution in [0.3, 0.4) is 0 Å². The number of carbonyl (C=O) groups excluding carboxylic acids is 1. The lowest BCUT2D eigenvalue weighted by Gasteiger charge is -2.31. The number of amides is 1. The fraction of sp³-hybridized carbons (Fsp3) is 0.533. The third kappa shape index (κ3) is 4.14. The summed E-state index contributed by atoms with van der Waals surface area (Å²) in [6.07, 6.45) is 2.28. The van der Waals surface area contributed by atoms with E-state index in [0.717, 1.165) is 38.1 Å². The molecule has 0 unspecified atom stereocenters. The molecule has 0 atom stereocenters. The maximum absolute atomic E-state index is 13.7. The number of hydrogen-bond acceptors (Lipinski definition) is 2. The predicted octanol–water partition coefficient (Wildman–Crippen LogP) is 2.97. The summed E-state index contributed by atoms with van der Waals surface area (Å²) in [7, 11) is 1.63. The zero-order valence-corrected chi connectivity index (χ0v) is 12.7. The number of rotatable bonds is 4. The molecule has 116 valence electrons. The molecule has 0 radical (unpaired) electrons. The van der Waals surface area contributed by atoms with Gasteiger partial charge in [-0.25, -0.2) is 8.78 Å². The van der Waals surface area contributed by atoms with E-state index in [9.17, 15) is 13.6 Å². The SMILES string of the molecule is CNC(=O)CC1CCN(Cc2c(F)ccc(F)c2Cl)CC1. The van der Waals surface area contributed by atoms with Crippen molar-refractivity contribution in [1.29, 1.82) is 0 Å². The normalized spacial score (nSPS) is 17.0. The van der Waals surface area contributed by atoms with Gasteiger partial charge in [-0.15, -0.1) is 0 Å². The second-order valence-corrected chi connectivity index (χ2v) is 5.80. The summed E-state index contributed by atoms with van der Waals surface area (Å²) < 4.78 is 27.1. The molecule has 1 aliphatic heterocycles. The molecule has 1 amide bonds. The number of likely N-dealkylation sites (tertiary alicyclic amines) is 1. The van der Waals surface area contributed by atoms with Crippen molar-refractivity contribution >= 4 is 17.5 Å². The highest BCUT2D eigenvalue weighted by atomic mass is 35.5. The van der Waals surface area contributed by atoms with Crippen LogP contribution in [0.5, 0.6) is 0 Å². The number of nitrogens with one attached hydrogen (secondary N) is 1. The maximum atomic E-state index is 13.7. The fourth-order valence-corrected chi connectivity index (χ4v) is 2.86. The van der Waals surface area contributed by atoms with Gasteiger partial charge in [0.2, 0.25) is 5.91 Å². The molecule has 0 aromatic heterocycles. The van der Waals surface area contributed by atoms with Crippen molar-refractivity contribution in [3.63, 3.8) is 0 Å². The molecule has 0 bridgehead atoms. The summed E-state index contributed by atoms with van der Waals surface area (Å²) in [6, 6.07) is 2.14. The van der Waals surface area contributed by atoms with Crippen LogP contribution in [0.4, 0.5) is 8.78 Å². The molecule has 0 spiro atoms. The van der Waals surface area contributed by atoms with E-state index in [0.29, 0.717) is 18.9 Å². The van der Waals surface area contributed by atoms with Crippen molar-refractivity contribution in [2.24, 2.45) is 5.92 Å². The maximum Gasteiger partial charge on any atom is 0.220 e. The lowest BCUT2D eigenvalue weighted by atomic mass is 9.93. The molecule has 0 saturated carbocycles. The number of piperidine rings is 1. The molecule has 1 aliphatic rings. The lowest BCUT2D eigenvalue weighted by molar-refractivity contribution is -0.121. The topological polar surface area (TPSA) is 32.3 Å². The minimum absolute atomic E-state index is 0.0488. The number of halogens is 3. The Hall–Kier alpha value is -1.20. The standard InChI is InChI=1S/C15H19ClF2N2O/c1-19-14(21)8-10-4-6-20(7-5-10)9-11-12(17)2-3-13(18)15(11)16/h2-3,10H,4-9H2,1H3,(H,19,21). The fourth-order valence-electron chi connectivity index (χ4n) is 2.65. The summed E-state index contributed by atoms with van der Waals surface area (Å²) in [5, 5.41) is 2.49. The van der Waals surface area contributed by atoms with Crippen LogP contribution in [0.15, 0.2) is 12.1 Å². The Labute approximate surface area is 128 Å². The smallest absolute Gasteiger partial charge is 0.220 e. The van der Waals surface area contributed by atoms with Crippen LogP contribution in [0.2, 0.25) is 5.02 Å². The summed E-state index contributed by atoms with van der Waals surface area (Å²) in [5.74, 6) is -0.668. The van der Waals surface area contributed by atoms with E-state index in [1.807, 2.05) is 4.90 Å². The van der Waals surface area contributed by atoms with Crippen LogP contribution in [0, 0.1) is 17.6 Å². The van der Waals surface area contributed by atoms with Gasteiger partial charge >= 0.3 is 0 Å². The van der Waals surface area contributed by atoms with Gasteiger partial charge in [0, 0.05) is 25.6 Å². The van der Waals surface area contributed by atoms with Crippen molar-refractivity contribution < 1.29 is 13.6 Å². The molecule has 21 heavy (non-hydrogen) atoms. The molecule has 6 heteroatoms. The second-order valence-electron chi connectivity index (χ2n) is 5.42. The summed E-state index contributed by atoms with van der Waals surface area (Å²) in [6.45, 7) is 1.82. The lowest BCUT2D eigenvalue weighted by Crippen LogP contribution is -2.35. The molecule has 1 saturated heterocycles. The minimum atomic E-state index is -0.595. The Kier molecular flexibility index (Phi) is 5.53. The number of carbonyl (C=O) groups is 1. The van der Waals surface area contributed by atoms with E-state index < -0.39 is 11.6 Å². The van der Waals surface area contributed by atoms with Crippen molar-refractivity contribution in [2.45, 2.75) is 25.8 Å². The van der Waals surface area contributed by atoms with E-state index in [2.05, 4.69) is 5.32 Å². The van der Waals surface area contributed by atoms with Gasteiger partial charge in [0.1, 0.15) is 11.6 Å². The van der Waals surface area contributed by atoms with Gasteiger partial charge in [-0.3, -0.25) is 9.69 Å². The zero-order chi connectivity index (χ0) is 15.4. The van der Waals surface area contributed by atoms with Crippen molar-refractivity contribution in [3.05, 3.63) is 34.4 Å². The highest BCUT2D eigenvalue weighted by Gasteiger charge is 2.23. The van der Waals surface area contributed by atoms with Gasteiger partial charge in [0.25, 0.3) is 0 Å². The molecule has 1 fully saturated rings. The van der Waals surface area contributed by atoms with Gasteiger partial charge in [0.05, 0.1) is 5.02 Å². The van der Waals surface area contributed by atoms with Crippen molar-refractivity contribution in [1.82, 2.24) is 10.2 Å². The summed E-state index contributed by atoms with van der Waals surface area (Å²) >= 11 is 5.84. The van der Waals surface area contributed by atoms with Gasteiger partial charge in [-0.05, 0) is 44.0 Å². The van der Waals surface area contributed by atoms with Crippen LogP contribution >= 0.6 is 11.6 Å². The van der Waals surface area contributed by atoms with Crippen LogP contribution in [0.25, 0.3) is 0 Å². The first kappa shape index (κ1) is 16.2. The molecule has 1 N–H and O–H groups in total. The van der Waals surface area contributed by atoms with E-state index >= 15 is 0 Å². The molecule has 3 nitrogen and oxygen atoms in total. The minimum Gasteiger partial charge on any atom is -0.359 e. The Morgan fingerprint density at radius 1 is 1.33 bits per heavy atom. The monoisotopic (exact) mass is 316 g/mol. The number of benzene rings is 1. The largest absolute Gasteiger partial charge is 0.359 e. The highest BCUT2D eigenvalue weighted by Crippen LogP contribution is 2.27. The Balaban J connectivity index is 1.92. The molecule has 1 aromatic carbocycles. The molecular weight excluding hydrogens is 298 g/mol. The summed E-state index contributed by atoms with van der Waals surface area (Å²) in [5.41, 5.74) is 0.210. The molecular formula is C15H19ClF2N2O. The second kappa shape index (κ2) is 7.18. The molecule has 1 aromatic rings. The highest BCUT2D eigenvalue weighted by molar-refractivity contribution is 6.31. The van der Waals surface area contributed by atoms with Gasteiger partial charge in [0.15, 0.2) is 0 Å². The van der Waals surface area contributed by atoms with Gasteiger partial charge < -0.3 is 5.32 Å². The van der Waals surface area contributed by atoms with Crippen molar-refractivity contribution in [3.8, 4) is 0 Å². The van der Waals surface area contributed by atoms with Crippen LogP contribution < -0.4 is 5.32 Å².